The first kappa shape index (κ1) is 35.8. The highest BCUT2D eigenvalue weighted by atomic mass is 16.5. The van der Waals surface area contributed by atoms with Crippen molar-refractivity contribution in [1.29, 1.82) is 0 Å². The second-order valence-electron chi connectivity index (χ2n) is 14.3. The van der Waals surface area contributed by atoms with E-state index in [1.165, 1.54) is 5.56 Å². The van der Waals surface area contributed by atoms with Gasteiger partial charge in [-0.05, 0) is 55.0 Å². The number of ether oxygens (including phenoxy) is 2. The van der Waals surface area contributed by atoms with Crippen LogP contribution in [0.1, 0.15) is 64.9 Å². The lowest BCUT2D eigenvalue weighted by atomic mass is 9.80. The molecule has 3 heterocycles. The molecule has 0 spiro atoms. The molecular weight excluding hydrogens is 586 g/mol. The number of likely N-dealkylation sites (tertiary alicyclic amines) is 2. The van der Waals surface area contributed by atoms with Gasteiger partial charge < -0.3 is 29.9 Å². The minimum atomic E-state index is -0.233. The quantitative estimate of drug-likeness (QED) is 0.518. The average molecular weight is 642 g/mol. The van der Waals surface area contributed by atoms with Gasteiger partial charge in [-0.1, -0.05) is 51.1 Å². The fourth-order valence-corrected chi connectivity index (χ4v) is 6.79. The van der Waals surface area contributed by atoms with Crippen LogP contribution < -0.4 is 10.6 Å². The van der Waals surface area contributed by atoms with Crippen molar-refractivity contribution in [3.63, 3.8) is 0 Å². The van der Waals surface area contributed by atoms with Gasteiger partial charge in [0.15, 0.2) is 0 Å². The third kappa shape index (κ3) is 12.0. The van der Waals surface area contributed by atoms with Gasteiger partial charge in [0.05, 0.1) is 26.4 Å². The molecule has 1 aromatic rings. The molecule has 3 aliphatic heterocycles. The lowest BCUT2D eigenvalue weighted by Crippen LogP contribution is -2.53. The molecule has 0 radical (unpaired) electrons. The lowest BCUT2D eigenvalue weighted by molar-refractivity contribution is -0.145. The molecule has 256 valence electrons. The number of amides is 4. The number of benzene rings is 1. The van der Waals surface area contributed by atoms with E-state index in [2.05, 4.69) is 60.6 Å². The third-order valence-electron chi connectivity index (χ3n) is 9.25. The number of hydrogen-bond acceptors (Lipinski definition) is 7. The van der Waals surface area contributed by atoms with Crippen molar-refractivity contribution in [1.82, 2.24) is 25.3 Å². The Kier molecular flexibility index (Phi) is 13.8. The number of hydrogen-bond donors (Lipinski definition) is 2. The Morgan fingerprint density at radius 2 is 1.57 bits per heavy atom. The van der Waals surface area contributed by atoms with Crippen molar-refractivity contribution in [2.75, 3.05) is 72.2 Å². The molecule has 1 aromatic carbocycles. The van der Waals surface area contributed by atoms with Crippen LogP contribution in [0.4, 0.5) is 0 Å². The predicted molar refractivity (Wildman–Crippen MR) is 176 cm³/mol. The first-order valence-corrected chi connectivity index (χ1v) is 17.1. The number of fused-ring (bicyclic) bond motifs is 1. The lowest BCUT2D eigenvalue weighted by Gasteiger charge is -2.39. The van der Waals surface area contributed by atoms with Gasteiger partial charge >= 0.3 is 0 Å². The predicted octanol–water partition coefficient (Wildman–Crippen LogP) is 2.44. The molecule has 3 aliphatic rings. The van der Waals surface area contributed by atoms with Gasteiger partial charge in [0.25, 0.3) is 0 Å². The molecule has 0 bridgehead atoms. The van der Waals surface area contributed by atoms with Crippen LogP contribution in [0.25, 0.3) is 0 Å². The topological polar surface area (TPSA) is 121 Å². The molecule has 0 aromatic heterocycles. The first-order chi connectivity index (χ1) is 22.1. The summed E-state index contributed by atoms with van der Waals surface area (Å²) < 4.78 is 11.2. The molecule has 2 atom stereocenters. The molecule has 3 fully saturated rings. The zero-order valence-electron chi connectivity index (χ0n) is 28.1. The van der Waals surface area contributed by atoms with Crippen LogP contribution in [0, 0.1) is 17.3 Å². The van der Waals surface area contributed by atoms with Crippen LogP contribution in [0.3, 0.4) is 0 Å². The SMILES string of the molecule is CC(C)(C)CC(=O)N1CCC(N2CC(=O)NCC[C@H]3CN(Cc4ccccc4)CC[C@H]3CC(=O)NCCOCCOCC2=O)CC1. The van der Waals surface area contributed by atoms with Crippen LogP contribution in [0.2, 0.25) is 0 Å². The molecule has 0 unspecified atom stereocenters. The summed E-state index contributed by atoms with van der Waals surface area (Å²) in [6, 6.07) is 10.3. The summed E-state index contributed by atoms with van der Waals surface area (Å²) >= 11 is 0. The van der Waals surface area contributed by atoms with Crippen LogP contribution in [-0.2, 0) is 35.2 Å². The van der Waals surface area contributed by atoms with E-state index in [0.29, 0.717) is 65.1 Å². The van der Waals surface area contributed by atoms with E-state index in [9.17, 15) is 19.2 Å². The molecule has 46 heavy (non-hydrogen) atoms. The summed E-state index contributed by atoms with van der Waals surface area (Å²) in [5, 5.41) is 6.06. The number of nitrogens with one attached hydrogen (secondary N) is 2. The van der Waals surface area contributed by atoms with E-state index in [1.54, 1.807) is 4.90 Å². The smallest absolute Gasteiger partial charge is 0.249 e. The molecule has 0 aliphatic carbocycles. The van der Waals surface area contributed by atoms with Crippen molar-refractivity contribution < 1.29 is 28.7 Å². The molecule has 4 rings (SSSR count). The highest BCUT2D eigenvalue weighted by molar-refractivity contribution is 5.85. The third-order valence-corrected chi connectivity index (χ3v) is 9.25. The Balaban J connectivity index is 1.38. The molecule has 3 saturated heterocycles. The summed E-state index contributed by atoms with van der Waals surface area (Å²) in [6.45, 7) is 11.6. The van der Waals surface area contributed by atoms with Gasteiger partial charge in [0.2, 0.25) is 23.6 Å². The van der Waals surface area contributed by atoms with Gasteiger partial charge in [-0.25, -0.2) is 0 Å². The highest BCUT2D eigenvalue weighted by Gasteiger charge is 2.33. The minimum Gasteiger partial charge on any atom is -0.377 e. The second-order valence-corrected chi connectivity index (χ2v) is 14.3. The number of carbonyl (C=O) groups excluding carboxylic acids is 4. The summed E-state index contributed by atoms with van der Waals surface area (Å²) in [6.07, 6.45) is 3.87. The standard InChI is InChI=1S/C35H55N5O6/c1-35(2,3)22-33(43)39-16-11-30(12-17-39)40-25-32(42)36-13-9-29-24-38(23-27-7-5-4-6-8-27)15-10-28(29)21-31(41)37-14-18-45-19-20-46-26-34(40)44/h4-8,28-30H,9-26H2,1-3H3,(H,36,42)(H,37,41)/t28-,29-/m0/s1. The van der Waals surface area contributed by atoms with Gasteiger partial charge in [0, 0.05) is 58.2 Å². The van der Waals surface area contributed by atoms with Crippen molar-refractivity contribution in [2.24, 2.45) is 17.3 Å². The number of piperidine rings is 2. The Labute approximate surface area is 274 Å². The fraction of sp³-hybridized carbons (Fsp3) is 0.714. The van der Waals surface area contributed by atoms with Gasteiger partial charge in [-0.3, -0.25) is 24.1 Å². The Morgan fingerprint density at radius 1 is 0.848 bits per heavy atom. The number of nitrogens with zero attached hydrogens (tertiary/aromatic N) is 3. The largest absolute Gasteiger partial charge is 0.377 e. The highest BCUT2D eigenvalue weighted by Crippen LogP contribution is 2.30. The Hall–Kier alpha value is -3.02. The minimum absolute atomic E-state index is 0.0284. The maximum atomic E-state index is 13.4. The van der Waals surface area contributed by atoms with E-state index < -0.39 is 0 Å². The van der Waals surface area contributed by atoms with Crippen molar-refractivity contribution in [3.05, 3.63) is 35.9 Å². The normalized spacial score (nSPS) is 24.6. The summed E-state index contributed by atoms with van der Waals surface area (Å²) in [7, 11) is 0. The van der Waals surface area contributed by atoms with Crippen molar-refractivity contribution in [3.8, 4) is 0 Å². The van der Waals surface area contributed by atoms with Crippen LogP contribution >= 0.6 is 0 Å². The molecule has 4 amide bonds. The Bertz CT molecular complexity index is 1130. The van der Waals surface area contributed by atoms with E-state index >= 15 is 0 Å². The summed E-state index contributed by atoms with van der Waals surface area (Å²) in [4.78, 5) is 58.2. The molecule has 0 saturated carbocycles. The first-order valence-electron chi connectivity index (χ1n) is 17.1. The Morgan fingerprint density at radius 3 is 2.30 bits per heavy atom. The molecular formula is C35H55N5O6. The van der Waals surface area contributed by atoms with E-state index in [0.717, 1.165) is 32.5 Å². The van der Waals surface area contributed by atoms with E-state index in [4.69, 9.17) is 9.47 Å². The molecule has 2 N–H and O–H groups in total. The maximum absolute atomic E-state index is 13.4. The fourth-order valence-electron chi connectivity index (χ4n) is 6.79. The number of carbonyl (C=O) groups is 4. The van der Waals surface area contributed by atoms with Crippen LogP contribution in [0.5, 0.6) is 0 Å². The summed E-state index contributed by atoms with van der Waals surface area (Å²) in [5.74, 6) is 0.207. The van der Waals surface area contributed by atoms with Gasteiger partial charge in [-0.2, -0.15) is 0 Å². The zero-order valence-corrected chi connectivity index (χ0v) is 28.1. The number of rotatable bonds is 4. The maximum Gasteiger partial charge on any atom is 0.249 e. The molecule has 11 nitrogen and oxygen atoms in total. The zero-order chi connectivity index (χ0) is 32.9. The van der Waals surface area contributed by atoms with E-state index in [-0.39, 0.29) is 66.7 Å². The van der Waals surface area contributed by atoms with Crippen molar-refractivity contribution in [2.45, 2.75) is 71.9 Å². The molecule has 11 heteroatoms. The average Bonchev–Trinajstić information content (AvgIpc) is 3.01. The van der Waals surface area contributed by atoms with Crippen molar-refractivity contribution >= 4 is 23.6 Å². The van der Waals surface area contributed by atoms with Gasteiger partial charge in [0.1, 0.15) is 6.61 Å². The van der Waals surface area contributed by atoms with Crippen LogP contribution in [-0.4, -0.2) is 117 Å². The monoisotopic (exact) mass is 641 g/mol. The second kappa shape index (κ2) is 17.8. The van der Waals surface area contributed by atoms with Crippen LogP contribution in [0.15, 0.2) is 30.3 Å². The van der Waals surface area contributed by atoms with E-state index in [1.807, 2.05) is 11.0 Å². The summed E-state index contributed by atoms with van der Waals surface area (Å²) in [5.41, 5.74) is 1.18. The van der Waals surface area contributed by atoms with Gasteiger partial charge in [-0.15, -0.1) is 0 Å².